The topological polar surface area (TPSA) is 81.5 Å². The van der Waals surface area contributed by atoms with Crippen LogP contribution in [0.4, 0.5) is 5.69 Å². The maximum Gasteiger partial charge on any atom is 0.284 e. The zero-order valence-electron chi connectivity index (χ0n) is 11.0. The quantitative estimate of drug-likeness (QED) is 0.673. The smallest absolute Gasteiger partial charge is 0.284 e. The number of carbonyl (C=O) groups is 1. The fourth-order valence-electron chi connectivity index (χ4n) is 2.38. The fourth-order valence-corrected chi connectivity index (χ4v) is 2.97. The second kappa shape index (κ2) is 6.32. The lowest BCUT2D eigenvalue weighted by molar-refractivity contribution is -0.385. The molecule has 1 aliphatic carbocycles. The maximum atomic E-state index is 12.2. The predicted octanol–water partition coefficient (Wildman–Crippen LogP) is 2.65. The highest BCUT2D eigenvalue weighted by Gasteiger charge is 2.27. The SMILES string of the molecule is CO[C@H]1CC[C@H](NC(=O)c2cccc([N+](=O)[O-])c2Br)C1. The van der Waals surface area contributed by atoms with E-state index < -0.39 is 4.92 Å². The van der Waals surface area contributed by atoms with Crippen molar-refractivity contribution in [1.82, 2.24) is 5.32 Å². The molecular weight excluding hydrogens is 328 g/mol. The van der Waals surface area contributed by atoms with E-state index in [1.165, 1.54) is 12.1 Å². The van der Waals surface area contributed by atoms with Gasteiger partial charge in [0.2, 0.25) is 0 Å². The first kappa shape index (κ1) is 14.9. The number of benzene rings is 1. The average Bonchev–Trinajstić information content (AvgIpc) is 2.86. The molecule has 2 rings (SSSR count). The predicted molar refractivity (Wildman–Crippen MR) is 76.7 cm³/mol. The van der Waals surface area contributed by atoms with E-state index in [4.69, 9.17) is 4.74 Å². The molecule has 0 unspecified atom stereocenters. The summed E-state index contributed by atoms with van der Waals surface area (Å²) in [7, 11) is 1.66. The van der Waals surface area contributed by atoms with Crippen LogP contribution in [0.15, 0.2) is 22.7 Å². The Morgan fingerprint density at radius 1 is 1.50 bits per heavy atom. The lowest BCUT2D eigenvalue weighted by Crippen LogP contribution is -2.33. The number of rotatable bonds is 4. The molecule has 2 atom stereocenters. The first-order valence-corrected chi connectivity index (χ1v) is 7.08. The van der Waals surface area contributed by atoms with Gasteiger partial charge in [-0.25, -0.2) is 0 Å². The number of methoxy groups -OCH3 is 1. The third-order valence-corrected chi connectivity index (χ3v) is 4.31. The number of hydrogen-bond donors (Lipinski definition) is 1. The highest BCUT2D eigenvalue weighted by atomic mass is 79.9. The lowest BCUT2D eigenvalue weighted by atomic mass is 10.1. The van der Waals surface area contributed by atoms with E-state index in [2.05, 4.69) is 21.2 Å². The molecule has 1 saturated carbocycles. The van der Waals surface area contributed by atoms with Crippen molar-refractivity contribution in [1.29, 1.82) is 0 Å². The molecule has 1 fully saturated rings. The molecular formula is C13H15BrN2O4. The Hall–Kier alpha value is -1.47. The van der Waals surface area contributed by atoms with E-state index in [0.717, 1.165) is 19.3 Å². The highest BCUT2D eigenvalue weighted by Crippen LogP contribution is 2.29. The number of nitrogens with zero attached hydrogens (tertiary/aromatic N) is 1. The van der Waals surface area contributed by atoms with Crippen LogP contribution in [0.3, 0.4) is 0 Å². The van der Waals surface area contributed by atoms with E-state index in [-0.39, 0.29) is 33.8 Å². The van der Waals surface area contributed by atoms with Crippen LogP contribution in [0.25, 0.3) is 0 Å². The Morgan fingerprint density at radius 3 is 2.85 bits per heavy atom. The molecule has 6 nitrogen and oxygen atoms in total. The minimum absolute atomic E-state index is 0.0543. The number of carbonyl (C=O) groups excluding carboxylic acids is 1. The number of hydrogen-bond acceptors (Lipinski definition) is 4. The van der Waals surface area contributed by atoms with Crippen LogP contribution in [0, 0.1) is 10.1 Å². The van der Waals surface area contributed by atoms with Gasteiger partial charge in [0.25, 0.3) is 11.6 Å². The Balaban J connectivity index is 2.10. The molecule has 0 heterocycles. The molecule has 0 spiro atoms. The summed E-state index contributed by atoms with van der Waals surface area (Å²) < 4.78 is 5.46. The summed E-state index contributed by atoms with van der Waals surface area (Å²) in [5.74, 6) is -0.303. The van der Waals surface area contributed by atoms with E-state index in [1.807, 2.05) is 0 Å². The normalized spacial score (nSPS) is 21.7. The average molecular weight is 343 g/mol. The fraction of sp³-hybridized carbons (Fsp3) is 0.462. The summed E-state index contributed by atoms with van der Waals surface area (Å²) in [5.41, 5.74) is 0.166. The maximum absolute atomic E-state index is 12.2. The van der Waals surface area contributed by atoms with Gasteiger partial charge in [0.05, 0.1) is 16.6 Å². The van der Waals surface area contributed by atoms with Crippen LogP contribution in [0.5, 0.6) is 0 Å². The summed E-state index contributed by atoms with van der Waals surface area (Å²) >= 11 is 3.13. The van der Waals surface area contributed by atoms with Crippen molar-refractivity contribution in [2.75, 3.05) is 7.11 Å². The zero-order valence-corrected chi connectivity index (χ0v) is 12.6. The molecule has 20 heavy (non-hydrogen) atoms. The molecule has 0 bridgehead atoms. The van der Waals surface area contributed by atoms with Crippen molar-refractivity contribution in [3.63, 3.8) is 0 Å². The van der Waals surface area contributed by atoms with Crippen molar-refractivity contribution in [3.05, 3.63) is 38.3 Å². The molecule has 7 heteroatoms. The van der Waals surface area contributed by atoms with Gasteiger partial charge >= 0.3 is 0 Å². The van der Waals surface area contributed by atoms with Gasteiger partial charge in [-0.2, -0.15) is 0 Å². The summed E-state index contributed by atoms with van der Waals surface area (Å²) in [4.78, 5) is 22.5. The first-order valence-electron chi connectivity index (χ1n) is 6.29. The molecule has 0 saturated heterocycles. The van der Waals surface area contributed by atoms with Gasteiger partial charge < -0.3 is 10.1 Å². The molecule has 1 aromatic carbocycles. The van der Waals surface area contributed by atoms with Gasteiger partial charge in [-0.3, -0.25) is 14.9 Å². The number of nitro benzene ring substituents is 1. The van der Waals surface area contributed by atoms with Gasteiger partial charge in [0.1, 0.15) is 4.47 Å². The Kier molecular flexibility index (Phi) is 4.72. The van der Waals surface area contributed by atoms with Crippen LogP contribution in [0.1, 0.15) is 29.6 Å². The van der Waals surface area contributed by atoms with Crippen molar-refractivity contribution in [2.45, 2.75) is 31.4 Å². The molecule has 0 aliphatic heterocycles. The molecule has 1 amide bonds. The first-order chi connectivity index (χ1) is 9.52. The second-order valence-electron chi connectivity index (χ2n) is 4.74. The Morgan fingerprint density at radius 2 is 2.25 bits per heavy atom. The molecule has 1 N–H and O–H groups in total. The minimum atomic E-state index is -0.516. The standard InChI is InChI=1S/C13H15BrN2O4/c1-20-9-6-5-8(7-9)15-13(17)10-3-2-4-11(12(10)14)16(18)19/h2-4,8-9H,5-7H2,1H3,(H,15,17)/t8-,9-/m0/s1. The van der Waals surface area contributed by atoms with E-state index in [1.54, 1.807) is 13.2 Å². The van der Waals surface area contributed by atoms with Crippen molar-refractivity contribution >= 4 is 27.5 Å². The van der Waals surface area contributed by atoms with Crippen molar-refractivity contribution in [2.24, 2.45) is 0 Å². The van der Waals surface area contributed by atoms with Crippen LogP contribution in [-0.4, -0.2) is 30.1 Å². The van der Waals surface area contributed by atoms with E-state index >= 15 is 0 Å². The van der Waals surface area contributed by atoms with Crippen molar-refractivity contribution < 1.29 is 14.5 Å². The lowest BCUT2D eigenvalue weighted by Gasteiger charge is -2.13. The van der Waals surface area contributed by atoms with Crippen LogP contribution in [-0.2, 0) is 4.74 Å². The number of nitro groups is 1. The number of halogens is 1. The Labute approximate surface area is 124 Å². The van der Waals surface area contributed by atoms with Gasteiger partial charge in [0, 0.05) is 19.2 Å². The zero-order chi connectivity index (χ0) is 14.7. The van der Waals surface area contributed by atoms with Gasteiger partial charge in [0.15, 0.2) is 0 Å². The molecule has 0 aromatic heterocycles. The largest absolute Gasteiger partial charge is 0.381 e. The third-order valence-electron chi connectivity index (χ3n) is 3.47. The molecule has 1 aliphatic rings. The third kappa shape index (κ3) is 3.16. The summed E-state index contributed by atoms with van der Waals surface area (Å²) in [6.45, 7) is 0. The summed E-state index contributed by atoms with van der Waals surface area (Å²) in [5, 5.41) is 13.7. The Bertz CT molecular complexity index is 535. The molecule has 1 aromatic rings. The van der Waals surface area contributed by atoms with Crippen LogP contribution >= 0.6 is 15.9 Å². The number of ether oxygens (including phenoxy) is 1. The van der Waals surface area contributed by atoms with Crippen LogP contribution in [0.2, 0.25) is 0 Å². The summed E-state index contributed by atoms with van der Waals surface area (Å²) in [6.07, 6.45) is 2.72. The van der Waals surface area contributed by atoms with E-state index in [0.29, 0.717) is 0 Å². The van der Waals surface area contributed by atoms with Crippen molar-refractivity contribution in [3.8, 4) is 0 Å². The van der Waals surface area contributed by atoms with Gasteiger partial charge in [-0.15, -0.1) is 0 Å². The minimum Gasteiger partial charge on any atom is -0.381 e. The monoisotopic (exact) mass is 342 g/mol. The van der Waals surface area contributed by atoms with Gasteiger partial charge in [-0.05, 0) is 41.3 Å². The summed E-state index contributed by atoms with van der Waals surface area (Å²) in [6, 6.07) is 4.48. The van der Waals surface area contributed by atoms with E-state index in [9.17, 15) is 14.9 Å². The van der Waals surface area contributed by atoms with Gasteiger partial charge in [-0.1, -0.05) is 6.07 Å². The molecule has 108 valence electrons. The number of amides is 1. The highest BCUT2D eigenvalue weighted by molar-refractivity contribution is 9.10. The van der Waals surface area contributed by atoms with Crippen LogP contribution < -0.4 is 5.32 Å². The number of nitrogens with one attached hydrogen (secondary N) is 1. The molecule has 0 radical (unpaired) electrons. The second-order valence-corrected chi connectivity index (χ2v) is 5.53.